The number of nitrogens with zero attached hydrogens (tertiary/aromatic N) is 3. The van der Waals surface area contributed by atoms with Crippen molar-refractivity contribution in [3.63, 3.8) is 0 Å². The minimum atomic E-state index is -3.47. The maximum absolute atomic E-state index is 11.4. The third kappa shape index (κ3) is 6.07. The zero-order valence-electron chi connectivity index (χ0n) is 20.3. The smallest absolute Gasteiger partial charge is 0.236 e. The number of nitriles is 1. The number of rotatable bonds is 9. The fraction of sp³-hybridized carbons (Fsp3) is 0.346. The number of halogens is 1. The Hall–Kier alpha value is -3.35. The first kappa shape index (κ1) is 25.7. The zero-order chi connectivity index (χ0) is 25.9. The van der Waals surface area contributed by atoms with Crippen LogP contribution in [0.5, 0.6) is 11.5 Å². The first-order valence-electron chi connectivity index (χ1n) is 11.5. The summed E-state index contributed by atoms with van der Waals surface area (Å²) in [6, 6.07) is 15.2. The fourth-order valence-electron chi connectivity index (χ4n) is 3.80. The molecule has 1 aliphatic carbocycles. The lowest BCUT2D eigenvalue weighted by molar-refractivity contribution is 0.120. The first-order chi connectivity index (χ1) is 17.0. The molecule has 36 heavy (non-hydrogen) atoms. The van der Waals surface area contributed by atoms with Gasteiger partial charge in [-0.15, -0.1) is 0 Å². The summed E-state index contributed by atoms with van der Waals surface area (Å²) in [5.74, 6) is 1.09. The van der Waals surface area contributed by atoms with Crippen LogP contribution in [0.3, 0.4) is 0 Å². The highest BCUT2D eigenvalue weighted by Crippen LogP contribution is 2.40. The van der Waals surface area contributed by atoms with Crippen molar-refractivity contribution in [2.75, 3.05) is 11.0 Å². The van der Waals surface area contributed by atoms with Crippen LogP contribution in [0.4, 0.5) is 5.95 Å². The van der Waals surface area contributed by atoms with E-state index in [1.165, 1.54) is 6.20 Å². The summed E-state index contributed by atoms with van der Waals surface area (Å²) in [5, 5.41) is 10.2. The third-order valence-corrected chi connectivity index (χ3v) is 7.01. The Morgan fingerprint density at radius 2 is 1.89 bits per heavy atom. The van der Waals surface area contributed by atoms with E-state index in [1.807, 2.05) is 36.4 Å². The van der Waals surface area contributed by atoms with Crippen molar-refractivity contribution in [2.45, 2.75) is 51.2 Å². The van der Waals surface area contributed by atoms with Gasteiger partial charge in [-0.05, 0) is 60.7 Å². The van der Waals surface area contributed by atoms with Crippen LogP contribution in [0.1, 0.15) is 55.5 Å². The highest BCUT2D eigenvalue weighted by molar-refractivity contribution is 7.91. The van der Waals surface area contributed by atoms with E-state index in [0.717, 1.165) is 36.6 Å². The Kier molecular flexibility index (Phi) is 7.38. The van der Waals surface area contributed by atoms with Gasteiger partial charge in [-0.1, -0.05) is 37.6 Å². The Bertz CT molecular complexity index is 1400. The van der Waals surface area contributed by atoms with Gasteiger partial charge in [-0.2, -0.15) is 5.26 Å². The predicted molar refractivity (Wildman–Crippen MR) is 138 cm³/mol. The van der Waals surface area contributed by atoms with E-state index < -0.39 is 15.4 Å². The standard InChI is InChI=1S/C26H27ClN4O4S/c1-26(2,19-13-17(15-28)24(23(27)14-19)35-22-5-4-6-22)18-7-9-21(10-8-18)34-16-20-11-12-29-25(30-20)31-36(3,32)33/h7-14,22H,4-6,16H2,1-3H3,(H,29,30,31). The molecule has 4 rings (SSSR count). The molecular weight excluding hydrogens is 500 g/mol. The van der Waals surface area contributed by atoms with Crippen LogP contribution in [0.25, 0.3) is 0 Å². The van der Waals surface area contributed by atoms with Gasteiger partial charge in [0.15, 0.2) is 5.75 Å². The lowest BCUT2D eigenvalue weighted by Gasteiger charge is -2.30. The number of nitrogens with one attached hydrogen (secondary N) is 1. The van der Waals surface area contributed by atoms with E-state index in [9.17, 15) is 13.7 Å². The number of hydrogen-bond donors (Lipinski definition) is 1. The molecule has 2 aromatic carbocycles. The minimum absolute atomic E-state index is 0.00444. The van der Waals surface area contributed by atoms with E-state index in [-0.39, 0.29) is 18.7 Å². The van der Waals surface area contributed by atoms with Crippen molar-refractivity contribution in [1.29, 1.82) is 5.26 Å². The molecule has 1 N–H and O–H groups in total. The average Bonchev–Trinajstić information content (AvgIpc) is 2.79. The predicted octanol–water partition coefficient (Wildman–Crippen LogP) is 5.21. The van der Waals surface area contributed by atoms with Gasteiger partial charge in [0.1, 0.15) is 18.4 Å². The first-order valence-corrected chi connectivity index (χ1v) is 13.8. The highest BCUT2D eigenvalue weighted by atomic mass is 35.5. The molecule has 1 aromatic heterocycles. The van der Waals surface area contributed by atoms with E-state index >= 15 is 0 Å². The number of benzene rings is 2. The number of anilines is 1. The van der Waals surface area contributed by atoms with Crippen molar-refractivity contribution in [3.8, 4) is 17.6 Å². The van der Waals surface area contributed by atoms with Crippen molar-refractivity contribution >= 4 is 27.6 Å². The van der Waals surface area contributed by atoms with Gasteiger partial charge in [0, 0.05) is 11.6 Å². The van der Waals surface area contributed by atoms with E-state index in [1.54, 1.807) is 6.07 Å². The largest absolute Gasteiger partial charge is 0.487 e. The Labute approximate surface area is 216 Å². The van der Waals surface area contributed by atoms with Crippen LogP contribution >= 0.6 is 11.6 Å². The third-order valence-electron chi connectivity index (χ3n) is 6.18. The van der Waals surface area contributed by atoms with Crippen molar-refractivity contribution in [2.24, 2.45) is 0 Å². The summed E-state index contributed by atoms with van der Waals surface area (Å²) < 4.78 is 36.8. The minimum Gasteiger partial charge on any atom is -0.487 e. The second kappa shape index (κ2) is 10.3. The molecule has 0 atom stereocenters. The number of hydrogen-bond acceptors (Lipinski definition) is 7. The molecule has 0 saturated heterocycles. The SMILES string of the molecule is CC(C)(c1ccc(OCc2ccnc(NS(C)(=O)=O)n2)cc1)c1cc(Cl)c(OC2CCC2)c(C#N)c1. The summed E-state index contributed by atoms with van der Waals surface area (Å²) in [6.45, 7) is 4.28. The zero-order valence-corrected chi connectivity index (χ0v) is 21.9. The van der Waals surface area contributed by atoms with Crippen LogP contribution in [0.15, 0.2) is 48.7 Å². The van der Waals surface area contributed by atoms with Gasteiger partial charge >= 0.3 is 0 Å². The molecule has 1 heterocycles. The van der Waals surface area contributed by atoms with Crippen LogP contribution in [0.2, 0.25) is 5.02 Å². The average molecular weight is 527 g/mol. The Morgan fingerprint density at radius 3 is 2.50 bits per heavy atom. The summed E-state index contributed by atoms with van der Waals surface area (Å²) in [6.07, 6.45) is 5.74. The molecule has 0 radical (unpaired) electrons. The molecule has 1 fully saturated rings. The molecule has 8 nitrogen and oxygen atoms in total. The normalized spacial score (nSPS) is 14.0. The van der Waals surface area contributed by atoms with Gasteiger partial charge in [0.05, 0.1) is 28.6 Å². The molecule has 0 bridgehead atoms. The van der Waals surface area contributed by atoms with E-state index in [2.05, 4.69) is 34.6 Å². The van der Waals surface area contributed by atoms with Gasteiger partial charge in [0.25, 0.3) is 0 Å². The summed E-state index contributed by atoms with van der Waals surface area (Å²) in [4.78, 5) is 8.05. The summed E-state index contributed by atoms with van der Waals surface area (Å²) in [5.41, 5.74) is 2.46. The van der Waals surface area contributed by atoms with Gasteiger partial charge in [-0.3, -0.25) is 4.72 Å². The topological polar surface area (TPSA) is 114 Å². The van der Waals surface area contributed by atoms with Crippen LogP contribution < -0.4 is 14.2 Å². The molecule has 1 aliphatic rings. The van der Waals surface area contributed by atoms with E-state index in [4.69, 9.17) is 21.1 Å². The Morgan fingerprint density at radius 1 is 1.17 bits per heavy atom. The van der Waals surface area contributed by atoms with Crippen LogP contribution in [-0.2, 0) is 22.0 Å². The molecule has 188 valence electrons. The second-order valence-corrected chi connectivity index (χ2v) is 11.5. The van der Waals surface area contributed by atoms with Gasteiger partial charge < -0.3 is 9.47 Å². The number of sulfonamides is 1. The molecule has 10 heteroatoms. The van der Waals surface area contributed by atoms with Crippen LogP contribution in [0, 0.1) is 11.3 Å². The van der Waals surface area contributed by atoms with Gasteiger partial charge in [-0.25, -0.2) is 18.4 Å². The molecule has 1 saturated carbocycles. The van der Waals surface area contributed by atoms with Crippen molar-refractivity contribution in [1.82, 2.24) is 9.97 Å². The molecule has 0 aliphatic heterocycles. The van der Waals surface area contributed by atoms with E-state index in [0.29, 0.717) is 27.8 Å². The monoisotopic (exact) mass is 526 g/mol. The molecule has 0 unspecified atom stereocenters. The van der Waals surface area contributed by atoms with Crippen molar-refractivity contribution in [3.05, 3.63) is 76.1 Å². The summed E-state index contributed by atoms with van der Waals surface area (Å²) in [7, 11) is -3.47. The number of aromatic nitrogens is 2. The molecular formula is C26H27ClN4O4S. The quantitative estimate of drug-likeness (QED) is 0.407. The second-order valence-electron chi connectivity index (χ2n) is 9.30. The molecule has 0 spiro atoms. The molecule has 3 aromatic rings. The summed E-state index contributed by atoms with van der Waals surface area (Å²) >= 11 is 6.56. The maximum atomic E-state index is 11.4. The number of ether oxygens (including phenoxy) is 2. The highest BCUT2D eigenvalue weighted by Gasteiger charge is 2.28. The maximum Gasteiger partial charge on any atom is 0.236 e. The van der Waals surface area contributed by atoms with Crippen molar-refractivity contribution < 1.29 is 17.9 Å². The fourth-order valence-corrected chi connectivity index (χ4v) is 4.49. The Balaban J connectivity index is 1.47. The lowest BCUT2D eigenvalue weighted by atomic mass is 9.77. The van der Waals surface area contributed by atoms with Crippen LogP contribution in [-0.4, -0.2) is 30.7 Å². The lowest BCUT2D eigenvalue weighted by Crippen LogP contribution is -2.25. The van der Waals surface area contributed by atoms with Gasteiger partial charge in [0.2, 0.25) is 16.0 Å². The molecule has 0 amide bonds.